The molecule has 0 amide bonds. The van der Waals surface area contributed by atoms with Crippen LogP contribution in [0.15, 0.2) is 0 Å². The van der Waals surface area contributed by atoms with Crippen molar-refractivity contribution in [2.24, 2.45) is 0 Å². The first-order chi connectivity index (χ1) is 7.30. The summed E-state index contributed by atoms with van der Waals surface area (Å²) in [5.41, 5.74) is 0. The lowest BCUT2D eigenvalue weighted by Crippen LogP contribution is -2.31. The maximum absolute atomic E-state index is 5.73. The number of ether oxygens (including phenoxy) is 4. The molecule has 0 spiro atoms. The zero-order valence-corrected chi connectivity index (χ0v) is 9.90. The Kier molecular flexibility index (Phi) is 6.17. The second kappa shape index (κ2) is 7.17. The van der Waals surface area contributed by atoms with Gasteiger partial charge >= 0.3 is 0 Å². The Balaban J connectivity index is 2.20. The summed E-state index contributed by atoms with van der Waals surface area (Å²) in [4.78, 5) is 0. The van der Waals surface area contributed by atoms with Crippen LogP contribution < -0.4 is 0 Å². The van der Waals surface area contributed by atoms with Crippen molar-refractivity contribution in [3.05, 3.63) is 0 Å². The molecule has 0 saturated heterocycles. The summed E-state index contributed by atoms with van der Waals surface area (Å²) in [6, 6.07) is 0. The zero-order chi connectivity index (χ0) is 11.1. The van der Waals surface area contributed by atoms with E-state index in [-0.39, 0.29) is 12.4 Å². The first-order valence-electron chi connectivity index (χ1n) is 5.50. The van der Waals surface area contributed by atoms with Gasteiger partial charge in [0.05, 0.1) is 18.8 Å². The summed E-state index contributed by atoms with van der Waals surface area (Å²) in [7, 11) is 5.01. The molecule has 15 heavy (non-hydrogen) atoms. The van der Waals surface area contributed by atoms with Crippen LogP contribution in [0.2, 0.25) is 0 Å². The maximum atomic E-state index is 5.73. The normalized spacial score (nSPS) is 27.2. The SMILES string of the molecule is COC1CCCC(OCC(OC)OC)C1. The first kappa shape index (κ1) is 12.9. The highest BCUT2D eigenvalue weighted by atomic mass is 16.7. The maximum Gasteiger partial charge on any atom is 0.180 e. The summed E-state index contributed by atoms with van der Waals surface area (Å²) < 4.78 is 21.2. The molecule has 2 atom stereocenters. The van der Waals surface area contributed by atoms with Gasteiger partial charge in [0.15, 0.2) is 6.29 Å². The molecule has 0 aromatic carbocycles. The third kappa shape index (κ3) is 4.47. The van der Waals surface area contributed by atoms with Crippen LogP contribution in [0.3, 0.4) is 0 Å². The molecule has 1 rings (SSSR count). The van der Waals surface area contributed by atoms with E-state index >= 15 is 0 Å². The Morgan fingerprint density at radius 2 is 1.73 bits per heavy atom. The van der Waals surface area contributed by atoms with Gasteiger partial charge < -0.3 is 18.9 Å². The molecule has 0 radical (unpaired) electrons. The summed E-state index contributed by atoms with van der Waals surface area (Å²) >= 11 is 0. The van der Waals surface area contributed by atoms with Gasteiger partial charge in [-0.05, 0) is 25.7 Å². The fraction of sp³-hybridized carbons (Fsp3) is 1.00. The molecule has 1 aliphatic rings. The number of methoxy groups -OCH3 is 3. The molecule has 0 heterocycles. The van der Waals surface area contributed by atoms with Crippen LogP contribution in [-0.4, -0.2) is 46.4 Å². The number of rotatable bonds is 6. The van der Waals surface area contributed by atoms with E-state index in [9.17, 15) is 0 Å². The highest BCUT2D eigenvalue weighted by molar-refractivity contribution is 4.73. The van der Waals surface area contributed by atoms with Gasteiger partial charge in [0, 0.05) is 21.3 Å². The summed E-state index contributed by atoms with van der Waals surface area (Å²) in [6.07, 6.45) is 4.80. The largest absolute Gasteiger partial charge is 0.381 e. The first-order valence-corrected chi connectivity index (χ1v) is 5.50. The highest BCUT2D eigenvalue weighted by Crippen LogP contribution is 2.23. The second-order valence-electron chi connectivity index (χ2n) is 3.88. The Labute approximate surface area is 91.8 Å². The topological polar surface area (TPSA) is 36.9 Å². The second-order valence-corrected chi connectivity index (χ2v) is 3.88. The van der Waals surface area contributed by atoms with Crippen molar-refractivity contribution in [1.82, 2.24) is 0 Å². The highest BCUT2D eigenvalue weighted by Gasteiger charge is 2.23. The van der Waals surface area contributed by atoms with E-state index in [0.29, 0.717) is 12.7 Å². The van der Waals surface area contributed by atoms with E-state index in [1.807, 2.05) is 0 Å². The van der Waals surface area contributed by atoms with Crippen molar-refractivity contribution >= 4 is 0 Å². The molecule has 0 aromatic rings. The fourth-order valence-corrected chi connectivity index (χ4v) is 1.91. The van der Waals surface area contributed by atoms with E-state index < -0.39 is 0 Å². The third-order valence-corrected chi connectivity index (χ3v) is 2.91. The van der Waals surface area contributed by atoms with Crippen LogP contribution in [-0.2, 0) is 18.9 Å². The lowest BCUT2D eigenvalue weighted by molar-refractivity contribution is -0.158. The van der Waals surface area contributed by atoms with Crippen molar-refractivity contribution in [1.29, 1.82) is 0 Å². The van der Waals surface area contributed by atoms with Gasteiger partial charge in [-0.25, -0.2) is 0 Å². The Bertz CT molecular complexity index is 159. The van der Waals surface area contributed by atoms with Gasteiger partial charge in [0.25, 0.3) is 0 Å². The molecule has 90 valence electrons. The predicted molar refractivity (Wildman–Crippen MR) is 56.8 cm³/mol. The monoisotopic (exact) mass is 218 g/mol. The van der Waals surface area contributed by atoms with Gasteiger partial charge in [0.2, 0.25) is 0 Å². The summed E-state index contributed by atoms with van der Waals surface area (Å²) in [5, 5.41) is 0. The minimum Gasteiger partial charge on any atom is -0.381 e. The Hall–Kier alpha value is -0.160. The van der Waals surface area contributed by atoms with Gasteiger partial charge in [-0.1, -0.05) is 0 Å². The van der Waals surface area contributed by atoms with Crippen molar-refractivity contribution in [2.45, 2.75) is 44.2 Å². The average molecular weight is 218 g/mol. The van der Waals surface area contributed by atoms with E-state index in [0.717, 1.165) is 19.3 Å². The van der Waals surface area contributed by atoms with Gasteiger partial charge in [-0.3, -0.25) is 0 Å². The van der Waals surface area contributed by atoms with Gasteiger partial charge in [0.1, 0.15) is 0 Å². The zero-order valence-electron chi connectivity index (χ0n) is 9.90. The van der Waals surface area contributed by atoms with E-state index in [2.05, 4.69) is 0 Å². The number of hydrogen-bond acceptors (Lipinski definition) is 4. The quantitative estimate of drug-likeness (QED) is 0.634. The molecule has 2 unspecified atom stereocenters. The minimum absolute atomic E-state index is 0.257. The molecule has 1 aliphatic carbocycles. The van der Waals surface area contributed by atoms with Crippen LogP contribution in [0.25, 0.3) is 0 Å². The molecule has 0 aliphatic heterocycles. The van der Waals surface area contributed by atoms with Crippen LogP contribution in [0, 0.1) is 0 Å². The number of hydrogen-bond donors (Lipinski definition) is 0. The van der Waals surface area contributed by atoms with E-state index in [1.165, 1.54) is 6.42 Å². The van der Waals surface area contributed by atoms with Crippen molar-refractivity contribution in [2.75, 3.05) is 27.9 Å². The van der Waals surface area contributed by atoms with Crippen LogP contribution in [0.1, 0.15) is 25.7 Å². The summed E-state index contributed by atoms with van der Waals surface area (Å²) in [5.74, 6) is 0. The smallest absolute Gasteiger partial charge is 0.180 e. The molecule has 0 N–H and O–H groups in total. The van der Waals surface area contributed by atoms with Crippen LogP contribution in [0.5, 0.6) is 0 Å². The van der Waals surface area contributed by atoms with Crippen LogP contribution in [0.4, 0.5) is 0 Å². The van der Waals surface area contributed by atoms with E-state index in [1.54, 1.807) is 21.3 Å². The van der Waals surface area contributed by atoms with Crippen molar-refractivity contribution < 1.29 is 18.9 Å². The molecule has 1 saturated carbocycles. The molecule has 0 bridgehead atoms. The molecule has 1 fully saturated rings. The molecule has 0 aromatic heterocycles. The van der Waals surface area contributed by atoms with Gasteiger partial charge in [-0.2, -0.15) is 0 Å². The van der Waals surface area contributed by atoms with Crippen molar-refractivity contribution in [3.63, 3.8) is 0 Å². The standard InChI is InChI=1S/C11H22O4/c1-12-9-5-4-6-10(7-9)15-8-11(13-2)14-3/h9-11H,4-8H2,1-3H3. The average Bonchev–Trinajstić information content (AvgIpc) is 2.31. The lowest BCUT2D eigenvalue weighted by atomic mass is 9.95. The van der Waals surface area contributed by atoms with Crippen molar-refractivity contribution in [3.8, 4) is 0 Å². The Morgan fingerprint density at radius 1 is 1.07 bits per heavy atom. The molecular weight excluding hydrogens is 196 g/mol. The van der Waals surface area contributed by atoms with E-state index in [4.69, 9.17) is 18.9 Å². The Morgan fingerprint density at radius 3 is 2.33 bits per heavy atom. The minimum atomic E-state index is -0.257. The third-order valence-electron chi connectivity index (χ3n) is 2.91. The fourth-order valence-electron chi connectivity index (χ4n) is 1.91. The molecule has 4 nitrogen and oxygen atoms in total. The predicted octanol–water partition coefficient (Wildman–Crippen LogP) is 1.58. The van der Waals surface area contributed by atoms with Gasteiger partial charge in [-0.15, -0.1) is 0 Å². The van der Waals surface area contributed by atoms with Crippen LogP contribution >= 0.6 is 0 Å². The molecular formula is C11H22O4. The molecule has 4 heteroatoms. The summed E-state index contributed by atoms with van der Waals surface area (Å²) in [6.45, 7) is 0.494. The lowest BCUT2D eigenvalue weighted by Gasteiger charge is -2.29.